The van der Waals surface area contributed by atoms with E-state index in [9.17, 15) is 9.59 Å². The van der Waals surface area contributed by atoms with Crippen LogP contribution in [0.3, 0.4) is 0 Å². The van der Waals surface area contributed by atoms with Crippen molar-refractivity contribution in [2.75, 3.05) is 12.3 Å². The first-order valence-electron chi connectivity index (χ1n) is 6.26. The maximum absolute atomic E-state index is 12.0. The molecule has 0 aromatic rings. The quantitative estimate of drug-likeness (QED) is 0.433. The van der Waals surface area contributed by atoms with Crippen molar-refractivity contribution in [3.8, 4) is 0 Å². The molecule has 1 atom stereocenters. The lowest BCUT2D eigenvalue weighted by Gasteiger charge is -2.18. The Morgan fingerprint density at radius 1 is 1.56 bits per heavy atom. The maximum Gasteiger partial charge on any atom is 0.243 e. The van der Waals surface area contributed by atoms with Crippen LogP contribution in [0.1, 0.15) is 33.6 Å². The number of likely N-dealkylation sites (tertiary alicyclic amines) is 1. The van der Waals surface area contributed by atoms with Crippen LogP contribution in [0.5, 0.6) is 0 Å². The van der Waals surface area contributed by atoms with E-state index in [-0.39, 0.29) is 23.1 Å². The van der Waals surface area contributed by atoms with Crippen LogP contribution in [-0.4, -0.2) is 46.1 Å². The van der Waals surface area contributed by atoms with Crippen LogP contribution in [-0.2, 0) is 9.59 Å². The summed E-state index contributed by atoms with van der Waals surface area (Å²) in [5, 5.41) is 10.2. The van der Waals surface area contributed by atoms with Gasteiger partial charge in [0.1, 0.15) is 0 Å². The topological polar surface area (TPSA) is 73.3 Å². The van der Waals surface area contributed by atoms with Gasteiger partial charge in [0, 0.05) is 31.2 Å². The lowest BCUT2D eigenvalue weighted by atomic mass is 10.3. The predicted octanol–water partition coefficient (Wildman–Crippen LogP) is 1.23. The Balaban J connectivity index is 2.39. The molecule has 1 fully saturated rings. The third-order valence-corrected chi connectivity index (χ3v) is 3.93. The summed E-state index contributed by atoms with van der Waals surface area (Å²) in [5.41, 5.74) is 0. The summed E-state index contributed by atoms with van der Waals surface area (Å²) >= 11 is 1.48. The molecular weight excluding hydrogens is 250 g/mol. The van der Waals surface area contributed by atoms with E-state index in [0.29, 0.717) is 24.4 Å². The Kier molecular flexibility index (Phi) is 5.65. The molecular formula is C12H21N3O2S. The summed E-state index contributed by atoms with van der Waals surface area (Å²) < 4.78 is 0. The van der Waals surface area contributed by atoms with Gasteiger partial charge in [0.05, 0.1) is 11.1 Å². The molecule has 0 aliphatic carbocycles. The number of hydrogen-bond donors (Lipinski definition) is 2. The Hall–Kier alpha value is -1.04. The number of thioether (sulfide) groups is 1. The van der Waals surface area contributed by atoms with Gasteiger partial charge in [0.15, 0.2) is 0 Å². The van der Waals surface area contributed by atoms with Gasteiger partial charge in [-0.1, -0.05) is 0 Å². The molecule has 1 aliphatic rings. The smallest absolute Gasteiger partial charge is 0.243 e. The fourth-order valence-electron chi connectivity index (χ4n) is 1.90. The van der Waals surface area contributed by atoms with Gasteiger partial charge in [-0.2, -0.15) is 0 Å². The first-order chi connectivity index (χ1) is 8.47. The van der Waals surface area contributed by atoms with E-state index in [4.69, 9.17) is 5.41 Å². The van der Waals surface area contributed by atoms with E-state index < -0.39 is 0 Å². The van der Waals surface area contributed by atoms with Crippen molar-refractivity contribution in [2.24, 2.45) is 0 Å². The maximum atomic E-state index is 12.0. The highest BCUT2D eigenvalue weighted by Crippen LogP contribution is 2.26. The predicted molar refractivity (Wildman–Crippen MR) is 73.9 cm³/mol. The molecule has 0 aromatic heterocycles. The third kappa shape index (κ3) is 3.73. The van der Waals surface area contributed by atoms with Crippen LogP contribution >= 0.6 is 11.8 Å². The highest BCUT2D eigenvalue weighted by Gasteiger charge is 2.39. The van der Waals surface area contributed by atoms with Crippen molar-refractivity contribution in [1.29, 1.82) is 5.41 Å². The van der Waals surface area contributed by atoms with Gasteiger partial charge < -0.3 is 5.32 Å². The van der Waals surface area contributed by atoms with Gasteiger partial charge in [-0.25, -0.2) is 0 Å². The first kappa shape index (κ1) is 15.0. The fraction of sp³-hybridized carbons (Fsp3) is 0.750. The molecule has 2 amide bonds. The minimum Gasteiger partial charge on any atom is -0.374 e. The van der Waals surface area contributed by atoms with Crippen LogP contribution in [0.4, 0.5) is 0 Å². The Morgan fingerprint density at radius 2 is 2.22 bits per heavy atom. The molecule has 6 heteroatoms. The van der Waals surface area contributed by atoms with Gasteiger partial charge in [-0.15, -0.1) is 11.8 Å². The molecule has 102 valence electrons. The van der Waals surface area contributed by atoms with Gasteiger partial charge in [0.2, 0.25) is 11.8 Å². The van der Waals surface area contributed by atoms with Crippen LogP contribution in [0.25, 0.3) is 0 Å². The molecule has 1 aliphatic heterocycles. The summed E-state index contributed by atoms with van der Waals surface area (Å²) in [6.07, 6.45) is 0.911. The summed E-state index contributed by atoms with van der Waals surface area (Å²) in [5.74, 6) is 1.04. The molecule has 18 heavy (non-hydrogen) atoms. The second kappa shape index (κ2) is 6.78. The highest BCUT2D eigenvalue weighted by atomic mass is 32.2. The second-order valence-corrected chi connectivity index (χ2v) is 5.83. The van der Waals surface area contributed by atoms with Gasteiger partial charge >= 0.3 is 0 Å². The zero-order valence-corrected chi connectivity index (χ0v) is 12.0. The zero-order chi connectivity index (χ0) is 13.7. The van der Waals surface area contributed by atoms with Gasteiger partial charge in [-0.05, 0) is 20.8 Å². The summed E-state index contributed by atoms with van der Waals surface area (Å²) in [6, 6.07) is -0.0596. The number of carbonyl (C=O) groups excluding carboxylic acids is 2. The van der Waals surface area contributed by atoms with E-state index in [1.807, 2.05) is 20.8 Å². The van der Waals surface area contributed by atoms with Crippen LogP contribution in [0, 0.1) is 5.41 Å². The van der Waals surface area contributed by atoms with Crippen molar-refractivity contribution in [3.05, 3.63) is 0 Å². The number of carbonyl (C=O) groups is 2. The lowest BCUT2D eigenvalue weighted by molar-refractivity contribution is -0.140. The molecule has 1 saturated heterocycles. The first-order valence-corrected chi connectivity index (χ1v) is 7.31. The summed E-state index contributed by atoms with van der Waals surface area (Å²) in [6.45, 7) is 6.39. The minimum atomic E-state index is -0.255. The number of rotatable bonds is 6. The molecule has 0 saturated carbocycles. The van der Waals surface area contributed by atoms with Gasteiger partial charge in [-0.3, -0.25) is 19.9 Å². The Labute approximate surface area is 112 Å². The van der Waals surface area contributed by atoms with Crippen molar-refractivity contribution in [1.82, 2.24) is 10.2 Å². The Morgan fingerprint density at radius 3 is 2.72 bits per heavy atom. The number of nitrogens with one attached hydrogen (secondary N) is 2. The molecule has 1 rings (SSSR count). The molecule has 0 aromatic carbocycles. The number of nitrogens with zero attached hydrogens (tertiary/aromatic N) is 1. The molecule has 5 nitrogen and oxygen atoms in total. The molecule has 1 heterocycles. The SMILES string of the molecule is CCNC(=N)CCSC1CC(=O)N(C(C)C)C1=O. The fourth-order valence-corrected chi connectivity index (χ4v) is 3.02. The largest absolute Gasteiger partial charge is 0.374 e. The van der Waals surface area contributed by atoms with E-state index in [0.717, 1.165) is 6.54 Å². The molecule has 1 unspecified atom stereocenters. The van der Waals surface area contributed by atoms with Crippen molar-refractivity contribution >= 4 is 29.4 Å². The van der Waals surface area contributed by atoms with Gasteiger partial charge in [0.25, 0.3) is 0 Å². The Bertz CT molecular complexity index is 344. The number of hydrogen-bond acceptors (Lipinski definition) is 4. The number of imide groups is 1. The summed E-state index contributed by atoms with van der Waals surface area (Å²) in [7, 11) is 0. The minimum absolute atomic E-state index is 0.0596. The van der Waals surface area contributed by atoms with E-state index in [2.05, 4.69) is 5.32 Å². The lowest BCUT2D eigenvalue weighted by Crippen LogP contribution is -2.37. The van der Waals surface area contributed by atoms with Crippen LogP contribution in [0.2, 0.25) is 0 Å². The molecule has 0 spiro atoms. The average molecular weight is 271 g/mol. The number of amides is 2. The van der Waals surface area contributed by atoms with Crippen LogP contribution in [0.15, 0.2) is 0 Å². The summed E-state index contributed by atoms with van der Waals surface area (Å²) in [4.78, 5) is 25.0. The number of amidine groups is 1. The van der Waals surface area contributed by atoms with E-state index >= 15 is 0 Å². The monoisotopic (exact) mass is 271 g/mol. The molecule has 2 N–H and O–H groups in total. The average Bonchev–Trinajstić information content (AvgIpc) is 2.54. The van der Waals surface area contributed by atoms with Crippen molar-refractivity contribution in [3.63, 3.8) is 0 Å². The van der Waals surface area contributed by atoms with Crippen molar-refractivity contribution in [2.45, 2.75) is 44.9 Å². The van der Waals surface area contributed by atoms with Crippen LogP contribution < -0.4 is 5.32 Å². The van der Waals surface area contributed by atoms with Crippen molar-refractivity contribution < 1.29 is 9.59 Å². The van der Waals surface area contributed by atoms with E-state index in [1.54, 1.807) is 0 Å². The highest BCUT2D eigenvalue weighted by molar-refractivity contribution is 8.00. The van der Waals surface area contributed by atoms with E-state index in [1.165, 1.54) is 16.7 Å². The standard InChI is InChI=1S/C12H21N3O2S/c1-4-14-10(13)5-6-18-9-7-11(16)15(8(2)3)12(9)17/h8-9H,4-7H2,1-3H3,(H2,13,14). The zero-order valence-electron chi connectivity index (χ0n) is 11.2. The molecule has 0 radical (unpaired) electrons. The second-order valence-electron chi connectivity index (χ2n) is 4.52. The normalized spacial score (nSPS) is 19.8. The third-order valence-electron chi connectivity index (χ3n) is 2.72. The molecule has 0 bridgehead atoms.